The molecule has 0 saturated carbocycles. The number of aromatic nitrogens is 4. The lowest BCUT2D eigenvalue weighted by atomic mass is 10.1. The molecule has 2 aromatic heterocycles. The first kappa shape index (κ1) is 13.9. The number of pyridine rings is 1. The highest BCUT2D eigenvalue weighted by Gasteiger charge is 2.16. The molecule has 21 heavy (non-hydrogen) atoms. The van der Waals surface area contributed by atoms with Crippen molar-refractivity contribution in [2.24, 2.45) is 0 Å². The molecule has 3 rings (SSSR count). The van der Waals surface area contributed by atoms with Crippen LogP contribution in [0.3, 0.4) is 0 Å². The molecule has 0 atom stereocenters. The van der Waals surface area contributed by atoms with E-state index in [1.165, 1.54) is 6.33 Å². The number of rotatable bonds is 4. The highest BCUT2D eigenvalue weighted by molar-refractivity contribution is 9.10. The van der Waals surface area contributed by atoms with Crippen molar-refractivity contribution in [1.82, 2.24) is 19.7 Å². The minimum absolute atomic E-state index is 0.0738. The molecule has 2 heterocycles. The number of halogens is 1. The van der Waals surface area contributed by atoms with Crippen molar-refractivity contribution < 1.29 is 4.79 Å². The summed E-state index contributed by atoms with van der Waals surface area (Å²) in [5.41, 5.74) is 1.24. The van der Waals surface area contributed by atoms with Crippen molar-refractivity contribution in [1.29, 1.82) is 0 Å². The Morgan fingerprint density at radius 1 is 1.33 bits per heavy atom. The second-order valence-electron chi connectivity index (χ2n) is 4.60. The molecule has 0 fully saturated rings. The van der Waals surface area contributed by atoms with Crippen molar-refractivity contribution in [3.63, 3.8) is 0 Å². The first-order valence-electron chi connectivity index (χ1n) is 6.64. The van der Waals surface area contributed by atoms with Gasteiger partial charge >= 0.3 is 0 Å². The molecule has 0 spiro atoms. The predicted molar refractivity (Wildman–Crippen MR) is 83.2 cm³/mol. The lowest BCUT2D eigenvalue weighted by molar-refractivity contribution is 0.0984. The molecule has 3 aromatic rings. The molecule has 1 aromatic carbocycles. The molecule has 0 aliphatic carbocycles. The van der Waals surface area contributed by atoms with Crippen LogP contribution in [0.5, 0.6) is 0 Å². The molecule has 0 bridgehead atoms. The summed E-state index contributed by atoms with van der Waals surface area (Å²) >= 11 is 3.43. The molecule has 0 amide bonds. The van der Waals surface area contributed by atoms with E-state index < -0.39 is 0 Å². The monoisotopic (exact) mass is 344 g/mol. The number of aryl methyl sites for hydroxylation is 1. The molecular weight excluding hydrogens is 332 g/mol. The third-order valence-corrected chi connectivity index (χ3v) is 3.86. The lowest BCUT2D eigenvalue weighted by Crippen LogP contribution is -2.12. The maximum atomic E-state index is 12.5. The zero-order valence-electron chi connectivity index (χ0n) is 11.5. The van der Waals surface area contributed by atoms with E-state index in [1.54, 1.807) is 4.68 Å². The fourth-order valence-corrected chi connectivity index (χ4v) is 2.76. The van der Waals surface area contributed by atoms with Gasteiger partial charge in [0.05, 0.1) is 11.9 Å². The lowest BCUT2D eigenvalue weighted by Gasteiger charge is -2.06. The third kappa shape index (κ3) is 2.71. The van der Waals surface area contributed by atoms with Crippen LogP contribution in [0.2, 0.25) is 0 Å². The minimum atomic E-state index is -0.0738. The Morgan fingerprint density at radius 3 is 2.95 bits per heavy atom. The number of carbonyl (C=O) groups is 1. The van der Waals surface area contributed by atoms with Crippen molar-refractivity contribution in [2.75, 3.05) is 0 Å². The molecule has 0 radical (unpaired) electrons. The highest BCUT2D eigenvalue weighted by Crippen LogP contribution is 2.22. The largest absolute Gasteiger partial charge is 0.292 e. The Balaban J connectivity index is 1.96. The number of fused-ring (bicyclic) bond motifs is 1. The zero-order chi connectivity index (χ0) is 14.8. The van der Waals surface area contributed by atoms with Crippen LogP contribution in [0.25, 0.3) is 10.9 Å². The number of benzene rings is 1. The van der Waals surface area contributed by atoms with E-state index in [0.29, 0.717) is 22.5 Å². The van der Waals surface area contributed by atoms with Crippen molar-refractivity contribution in [3.8, 4) is 0 Å². The Morgan fingerprint density at radius 2 is 2.14 bits per heavy atom. The summed E-state index contributed by atoms with van der Waals surface area (Å²) in [6, 6.07) is 9.63. The summed E-state index contributed by atoms with van der Waals surface area (Å²) in [5, 5.41) is 5.07. The van der Waals surface area contributed by atoms with E-state index >= 15 is 0 Å². The summed E-state index contributed by atoms with van der Waals surface area (Å²) in [6.45, 7) is 2.65. The first-order chi connectivity index (χ1) is 10.2. The Hall–Kier alpha value is -2.08. The zero-order valence-corrected chi connectivity index (χ0v) is 13.0. The second-order valence-corrected chi connectivity index (χ2v) is 5.46. The van der Waals surface area contributed by atoms with Crippen LogP contribution in [0.1, 0.15) is 23.2 Å². The molecular formula is C15H13BrN4O. The summed E-state index contributed by atoms with van der Waals surface area (Å²) < 4.78 is 2.42. The Kier molecular flexibility index (Phi) is 3.79. The number of para-hydroxylation sites is 1. The average Bonchev–Trinajstić information content (AvgIpc) is 2.93. The van der Waals surface area contributed by atoms with Gasteiger partial charge in [0.15, 0.2) is 5.78 Å². The maximum Gasteiger partial charge on any atom is 0.189 e. The molecule has 0 aliphatic heterocycles. The molecule has 6 heteroatoms. The van der Waals surface area contributed by atoms with Gasteiger partial charge < -0.3 is 0 Å². The van der Waals surface area contributed by atoms with Gasteiger partial charge in [0.25, 0.3) is 0 Å². The van der Waals surface area contributed by atoms with E-state index in [0.717, 1.165) is 10.9 Å². The van der Waals surface area contributed by atoms with E-state index in [1.807, 2.05) is 37.3 Å². The molecule has 0 N–H and O–H groups in total. The van der Waals surface area contributed by atoms with Crippen molar-refractivity contribution in [3.05, 3.63) is 52.7 Å². The SMILES string of the molecule is CCn1ncnc1CC(=O)c1nc2ccccc2cc1Br. The quantitative estimate of drug-likeness (QED) is 0.682. The first-order valence-corrected chi connectivity index (χ1v) is 7.43. The average molecular weight is 345 g/mol. The van der Waals surface area contributed by atoms with Crippen LogP contribution >= 0.6 is 15.9 Å². The van der Waals surface area contributed by atoms with Crippen LogP contribution in [-0.2, 0) is 13.0 Å². The Bertz CT molecular complexity index is 812. The molecule has 106 valence electrons. The molecule has 0 unspecified atom stereocenters. The maximum absolute atomic E-state index is 12.5. The van der Waals surface area contributed by atoms with Gasteiger partial charge in [0.1, 0.15) is 17.8 Å². The van der Waals surface area contributed by atoms with Crippen LogP contribution in [0.15, 0.2) is 41.1 Å². The standard InChI is InChI=1S/C15H13BrN4O/c1-2-20-14(17-9-18-20)8-13(21)15-11(16)7-10-5-3-4-6-12(10)19-15/h3-7,9H,2,8H2,1H3. The molecule has 0 saturated heterocycles. The summed E-state index contributed by atoms with van der Waals surface area (Å²) in [5.74, 6) is 0.583. The molecule has 5 nitrogen and oxygen atoms in total. The van der Waals surface area contributed by atoms with Gasteiger partial charge in [-0.15, -0.1) is 0 Å². The van der Waals surface area contributed by atoms with Gasteiger partial charge in [-0.05, 0) is 35.0 Å². The molecule has 0 aliphatic rings. The van der Waals surface area contributed by atoms with Gasteiger partial charge in [0.2, 0.25) is 0 Å². The normalized spacial score (nSPS) is 11.0. The van der Waals surface area contributed by atoms with E-state index in [4.69, 9.17) is 0 Å². The smallest absolute Gasteiger partial charge is 0.189 e. The van der Waals surface area contributed by atoms with Crippen molar-refractivity contribution in [2.45, 2.75) is 19.9 Å². The van der Waals surface area contributed by atoms with Gasteiger partial charge in [0, 0.05) is 16.4 Å². The van der Waals surface area contributed by atoms with E-state index in [9.17, 15) is 4.79 Å². The number of nitrogens with zero attached hydrogens (tertiary/aromatic N) is 4. The summed E-state index contributed by atoms with van der Waals surface area (Å²) in [4.78, 5) is 21.1. The third-order valence-electron chi connectivity index (χ3n) is 3.26. The number of carbonyl (C=O) groups excluding carboxylic acids is 1. The fraction of sp³-hybridized carbons (Fsp3) is 0.200. The predicted octanol–water partition coefficient (Wildman–Crippen LogP) is 3.03. The second kappa shape index (κ2) is 5.73. The van der Waals surface area contributed by atoms with Crippen LogP contribution in [0.4, 0.5) is 0 Å². The number of Topliss-reactive ketones (excluding diaryl/α,β-unsaturated/α-hetero) is 1. The van der Waals surface area contributed by atoms with Gasteiger partial charge in [-0.1, -0.05) is 18.2 Å². The van der Waals surface area contributed by atoms with Crippen LogP contribution in [0, 0.1) is 0 Å². The number of ketones is 1. The number of hydrogen-bond donors (Lipinski definition) is 0. The van der Waals surface area contributed by atoms with Gasteiger partial charge in [-0.25, -0.2) is 14.6 Å². The fourth-order valence-electron chi connectivity index (χ4n) is 2.20. The summed E-state index contributed by atoms with van der Waals surface area (Å²) in [7, 11) is 0. The van der Waals surface area contributed by atoms with Crippen LogP contribution in [-0.4, -0.2) is 25.5 Å². The van der Waals surface area contributed by atoms with Crippen molar-refractivity contribution >= 4 is 32.6 Å². The van der Waals surface area contributed by atoms with Gasteiger partial charge in [-0.3, -0.25) is 4.79 Å². The topological polar surface area (TPSA) is 60.7 Å². The minimum Gasteiger partial charge on any atom is -0.292 e. The van der Waals surface area contributed by atoms with E-state index in [-0.39, 0.29) is 12.2 Å². The van der Waals surface area contributed by atoms with Gasteiger partial charge in [-0.2, -0.15) is 5.10 Å². The summed E-state index contributed by atoms with van der Waals surface area (Å²) in [6.07, 6.45) is 1.66. The Labute approximate surface area is 130 Å². The van der Waals surface area contributed by atoms with E-state index in [2.05, 4.69) is 31.0 Å². The highest BCUT2D eigenvalue weighted by atomic mass is 79.9. The number of hydrogen-bond acceptors (Lipinski definition) is 4. The van der Waals surface area contributed by atoms with Crippen LogP contribution < -0.4 is 0 Å².